The number of halogens is 2. The van der Waals surface area contributed by atoms with E-state index in [4.69, 9.17) is 20.8 Å². The van der Waals surface area contributed by atoms with Crippen LogP contribution in [0.5, 0.6) is 5.75 Å². The summed E-state index contributed by atoms with van der Waals surface area (Å²) in [5.41, 5.74) is 1.03. The number of hydrogen-bond donors (Lipinski definition) is 2. The van der Waals surface area contributed by atoms with Gasteiger partial charge in [-0.2, -0.15) is 0 Å². The van der Waals surface area contributed by atoms with Crippen molar-refractivity contribution in [3.8, 4) is 5.75 Å². The zero-order chi connectivity index (χ0) is 20.8. The molecule has 1 unspecified atom stereocenters. The fraction of sp³-hybridized carbons (Fsp3) is 0.143. The Morgan fingerprint density at radius 1 is 1.17 bits per heavy atom. The molecule has 150 valence electrons. The van der Waals surface area contributed by atoms with Gasteiger partial charge in [-0.05, 0) is 77.5 Å². The van der Waals surface area contributed by atoms with E-state index in [1.807, 2.05) is 0 Å². The van der Waals surface area contributed by atoms with Crippen LogP contribution in [0.1, 0.15) is 23.0 Å². The zero-order valence-corrected chi connectivity index (χ0v) is 17.8. The molecule has 2 N–H and O–H groups in total. The van der Waals surface area contributed by atoms with E-state index in [9.17, 15) is 9.59 Å². The molecule has 3 rings (SSSR count). The number of benzene rings is 2. The first kappa shape index (κ1) is 21.0. The Bertz CT molecular complexity index is 990. The molecule has 0 bridgehead atoms. The molecule has 1 aromatic heterocycles. The van der Waals surface area contributed by atoms with Crippen LogP contribution in [0.3, 0.4) is 0 Å². The number of carbonyl (C=O) groups is 2. The van der Waals surface area contributed by atoms with Crippen LogP contribution in [-0.2, 0) is 11.3 Å². The maximum absolute atomic E-state index is 12.4. The summed E-state index contributed by atoms with van der Waals surface area (Å²) in [5.74, 6) is 0.634. The second-order valence-corrected chi connectivity index (χ2v) is 7.45. The Morgan fingerprint density at radius 2 is 1.93 bits per heavy atom. The molecule has 0 aliphatic heterocycles. The number of hydrogen-bond acceptors (Lipinski definition) is 4. The number of furan rings is 1. The fourth-order valence-electron chi connectivity index (χ4n) is 2.45. The molecule has 3 aromatic rings. The number of anilines is 1. The van der Waals surface area contributed by atoms with Gasteiger partial charge >= 0.3 is 0 Å². The first-order valence-electron chi connectivity index (χ1n) is 8.75. The van der Waals surface area contributed by atoms with E-state index in [2.05, 4.69) is 26.6 Å². The summed E-state index contributed by atoms with van der Waals surface area (Å²) in [6.45, 7) is 1.95. The molecule has 1 atom stereocenters. The summed E-state index contributed by atoms with van der Waals surface area (Å²) < 4.78 is 11.5. The highest BCUT2D eigenvalue weighted by molar-refractivity contribution is 9.10. The lowest BCUT2D eigenvalue weighted by molar-refractivity contribution is -0.122. The van der Waals surface area contributed by atoms with Gasteiger partial charge in [0.2, 0.25) is 0 Å². The average molecular weight is 478 g/mol. The number of carbonyl (C=O) groups excluding carboxylic acids is 2. The maximum atomic E-state index is 12.4. The van der Waals surface area contributed by atoms with Crippen molar-refractivity contribution in [2.24, 2.45) is 0 Å². The lowest BCUT2D eigenvalue weighted by Gasteiger charge is -2.16. The zero-order valence-electron chi connectivity index (χ0n) is 15.4. The van der Waals surface area contributed by atoms with Gasteiger partial charge in [0.05, 0.1) is 17.3 Å². The molecule has 0 saturated carbocycles. The minimum Gasteiger partial charge on any atom is -0.480 e. The molecular weight excluding hydrogens is 460 g/mol. The van der Waals surface area contributed by atoms with Crippen LogP contribution in [0.4, 0.5) is 5.69 Å². The van der Waals surface area contributed by atoms with Crippen LogP contribution in [-0.4, -0.2) is 17.9 Å². The molecule has 2 aromatic carbocycles. The summed E-state index contributed by atoms with van der Waals surface area (Å²) >= 11 is 9.26. The summed E-state index contributed by atoms with van der Waals surface area (Å²) in [7, 11) is 0. The van der Waals surface area contributed by atoms with E-state index in [-0.39, 0.29) is 11.8 Å². The predicted molar refractivity (Wildman–Crippen MR) is 114 cm³/mol. The van der Waals surface area contributed by atoms with E-state index in [0.29, 0.717) is 38.8 Å². The largest absolute Gasteiger partial charge is 0.480 e. The Labute approximate surface area is 181 Å². The minimum absolute atomic E-state index is 0.233. The van der Waals surface area contributed by atoms with E-state index in [1.165, 1.54) is 0 Å². The van der Waals surface area contributed by atoms with E-state index in [0.717, 1.165) is 0 Å². The second kappa shape index (κ2) is 9.62. The maximum Gasteiger partial charge on any atom is 0.265 e. The van der Waals surface area contributed by atoms with Gasteiger partial charge in [-0.3, -0.25) is 9.59 Å². The van der Waals surface area contributed by atoms with Gasteiger partial charge in [-0.25, -0.2) is 0 Å². The average Bonchev–Trinajstić information content (AvgIpc) is 3.22. The van der Waals surface area contributed by atoms with Gasteiger partial charge in [0.15, 0.2) is 6.10 Å². The number of ether oxygens (including phenoxy) is 1. The SMILES string of the molecule is CC(Oc1ccc(Cl)cc1Br)C(=O)Nc1ccc(C(=O)NCc2ccco2)cc1. The molecule has 0 aliphatic carbocycles. The summed E-state index contributed by atoms with van der Waals surface area (Å²) in [5, 5.41) is 6.09. The van der Waals surface area contributed by atoms with Crippen molar-refractivity contribution in [1.29, 1.82) is 0 Å². The Hall–Kier alpha value is -2.77. The lowest BCUT2D eigenvalue weighted by Crippen LogP contribution is -2.30. The van der Waals surface area contributed by atoms with Crippen LogP contribution < -0.4 is 15.4 Å². The molecule has 0 fully saturated rings. The molecule has 0 radical (unpaired) electrons. The number of amides is 2. The minimum atomic E-state index is -0.733. The van der Waals surface area contributed by atoms with Crippen molar-refractivity contribution >= 4 is 45.0 Å². The molecule has 0 saturated heterocycles. The van der Waals surface area contributed by atoms with Crippen molar-refractivity contribution in [2.45, 2.75) is 19.6 Å². The highest BCUT2D eigenvalue weighted by Gasteiger charge is 2.17. The molecule has 2 amide bonds. The smallest absolute Gasteiger partial charge is 0.265 e. The topological polar surface area (TPSA) is 80.6 Å². The van der Waals surface area contributed by atoms with Gasteiger partial charge < -0.3 is 19.8 Å². The summed E-state index contributed by atoms with van der Waals surface area (Å²) in [4.78, 5) is 24.5. The fourth-order valence-corrected chi connectivity index (χ4v) is 3.22. The summed E-state index contributed by atoms with van der Waals surface area (Å²) in [6.07, 6.45) is 0.818. The van der Waals surface area contributed by atoms with Crippen molar-refractivity contribution in [2.75, 3.05) is 5.32 Å². The van der Waals surface area contributed by atoms with Gasteiger partial charge in [0.1, 0.15) is 11.5 Å². The van der Waals surface area contributed by atoms with Crippen LogP contribution in [0.2, 0.25) is 5.02 Å². The van der Waals surface area contributed by atoms with E-state index >= 15 is 0 Å². The lowest BCUT2D eigenvalue weighted by atomic mass is 10.2. The third-order valence-electron chi connectivity index (χ3n) is 3.98. The molecule has 0 spiro atoms. The third-order valence-corrected chi connectivity index (χ3v) is 4.84. The van der Waals surface area contributed by atoms with Gasteiger partial charge in [-0.1, -0.05) is 11.6 Å². The Balaban J connectivity index is 1.54. The van der Waals surface area contributed by atoms with Gasteiger partial charge in [-0.15, -0.1) is 0 Å². The molecule has 6 nitrogen and oxygen atoms in total. The molecule has 29 heavy (non-hydrogen) atoms. The van der Waals surface area contributed by atoms with Crippen molar-refractivity contribution in [1.82, 2.24) is 5.32 Å². The Kier molecular flexibility index (Phi) is 6.95. The highest BCUT2D eigenvalue weighted by Crippen LogP contribution is 2.28. The van der Waals surface area contributed by atoms with Crippen molar-refractivity contribution < 1.29 is 18.7 Å². The first-order valence-corrected chi connectivity index (χ1v) is 9.92. The second-order valence-electron chi connectivity index (χ2n) is 6.16. The van der Waals surface area contributed by atoms with E-state index in [1.54, 1.807) is 67.8 Å². The van der Waals surface area contributed by atoms with Gasteiger partial charge in [0.25, 0.3) is 11.8 Å². The van der Waals surface area contributed by atoms with Crippen molar-refractivity contribution in [3.05, 3.63) is 81.7 Å². The standard InChI is InChI=1S/C21H18BrClN2O4/c1-13(29-19-9-6-15(23)11-18(19)22)20(26)25-16-7-4-14(5-8-16)21(27)24-12-17-3-2-10-28-17/h2-11,13H,12H2,1H3,(H,24,27)(H,25,26). The molecule has 1 heterocycles. The van der Waals surface area contributed by atoms with Crippen LogP contribution >= 0.6 is 27.5 Å². The van der Waals surface area contributed by atoms with Crippen LogP contribution in [0, 0.1) is 0 Å². The van der Waals surface area contributed by atoms with Crippen LogP contribution in [0.25, 0.3) is 0 Å². The Morgan fingerprint density at radius 3 is 2.59 bits per heavy atom. The monoisotopic (exact) mass is 476 g/mol. The molecule has 8 heteroatoms. The van der Waals surface area contributed by atoms with Crippen LogP contribution in [0.15, 0.2) is 69.8 Å². The first-order chi connectivity index (χ1) is 13.9. The van der Waals surface area contributed by atoms with Crippen molar-refractivity contribution in [3.63, 3.8) is 0 Å². The van der Waals surface area contributed by atoms with E-state index < -0.39 is 6.10 Å². The molecular formula is C21H18BrClN2O4. The quantitative estimate of drug-likeness (QED) is 0.500. The highest BCUT2D eigenvalue weighted by atomic mass is 79.9. The number of nitrogens with one attached hydrogen (secondary N) is 2. The molecule has 0 aliphatic rings. The normalized spacial score (nSPS) is 11.6. The third kappa shape index (κ3) is 5.85. The van der Waals surface area contributed by atoms with Gasteiger partial charge in [0, 0.05) is 16.3 Å². The number of rotatable bonds is 7. The summed E-state index contributed by atoms with van der Waals surface area (Å²) in [6, 6.07) is 15.2. The predicted octanol–water partition coefficient (Wildman–Crippen LogP) is 5.03.